The number of aliphatic hydroxyl groups is 1. The van der Waals surface area contributed by atoms with E-state index in [0.717, 1.165) is 30.3 Å². The van der Waals surface area contributed by atoms with Crippen LogP contribution in [0.2, 0.25) is 0 Å². The van der Waals surface area contributed by atoms with Crippen molar-refractivity contribution in [2.75, 3.05) is 25.9 Å². The molecule has 3 atom stereocenters. The topological polar surface area (TPSA) is 88.9 Å². The zero-order chi connectivity index (χ0) is 16.4. The van der Waals surface area contributed by atoms with Gasteiger partial charge in [-0.05, 0) is 30.4 Å². The number of hydrogen-bond acceptors (Lipinski definition) is 6. The summed E-state index contributed by atoms with van der Waals surface area (Å²) < 4.78 is 7.10. The molecule has 3 N–H and O–H groups in total. The largest absolute Gasteiger partial charge is 0.494 e. The molecule has 3 unspecified atom stereocenters. The number of anilines is 1. The second-order valence-electron chi connectivity index (χ2n) is 6.77. The quantitative estimate of drug-likeness (QED) is 0.757. The van der Waals surface area contributed by atoms with Crippen molar-refractivity contribution in [3.05, 3.63) is 30.1 Å². The lowest BCUT2D eigenvalue weighted by Gasteiger charge is -2.22. The van der Waals surface area contributed by atoms with Crippen LogP contribution in [0.25, 0.3) is 16.6 Å². The SMILES string of the molecule is COc1cccc2c1nc(N)n1cc(C(O)N3CC4CC4C3)nc21. The van der Waals surface area contributed by atoms with Gasteiger partial charge in [0.25, 0.3) is 0 Å². The molecule has 7 nitrogen and oxygen atoms in total. The summed E-state index contributed by atoms with van der Waals surface area (Å²) in [7, 11) is 1.61. The zero-order valence-corrected chi connectivity index (χ0v) is 13.4. The summed E-state index contributed by atoms with van der Waals surface area (Å²) in [5.74, 6) is 2.51. The number of imidazole rings is 1. The number of ether oxygens (including phenoxy) is 1. The van der Waals surface area contributed by atoms with Gasteiger partial charge in [0, 0.05) is 24.7 Å². The van der Waals surface area contributed by atoms with Crippen molar-refractivity contribution >= 4 is 22.5 Å². The highest BCUT2D eigenvalue weighted by atomic mass is 16.5. The van der Waals surface area contributed by atoms with Gasteiger partial charge < -0.3 is 15.6 Å². The van der Waals surface area contributed by atoms with Crippen LogP contribution in [0.1, 0.15) is 18.3 Å². The first-order valence-electron chi connectivity index (χ1n) is 8.19. The summed E-state index contributed by atoms with van der Waals surface area (Å²) >= 11 is 0. The lowest BCUT2D eigenvalue weighted by atomic mass is 10.2. The van der Waals surface area contributed by atoms with Crippen molar-refractivity contribution in [2.45, 2.75) is 12.6 Å². The molecule has 3 heterocycles. The maximum atomic E-state index is 10.7. The monoisotopic (exact) mass is 325 g/mol. The molecule has 1 aliphatic carbocycles. The summed E-state index contributed by atoms with van der Waals surface area (Å²) in [6, 6.07) is 5.69. The van der Waals surface area contributed by atoms with Crippen molar-refractivity contribution < 1.29 is 9.84 Å². The first kappa shape index (κ1) is 14.0. The summed E-state index contributed by atoms with van der Waals surface area (Å²) in [5, 5.41) is 11.5. The Kier molecular flexibility index (Phi) is 2.81. The Morgan fingerprint density at radius 1 is 1.29 bits per heavy atom. The fraction of sp³-hybridized carbons (Fsp3) is 0.412. The number of piperidine rings is 1. The number of methoxy groups -OCH3 is 1. The number of aromatic nitrogens is 3. The highest BCUT2D eigenvalue weighted by molar-refractivity contribution is 5.96. The lowest BCUT2D eigenvalue weighted by molar-refractivity contribution is 0.00779. The molecular formula is C17H19N5O2. The van der Waals surface area contributed by atoms with Gasteiger partial charge >= 0.3 is 0 Å². The standard InChI is InChI=1S/C17H19N5O2/c1-24-13-4-2-3-11-14(13)20-17(18)22-8-12(19-15(11)22)16(23)21-6-9-5-10(9)7-21/h2-4,8-10,16,23H,5-7H2,1H3,(H2,18,20). The molecule has 124 valence electrons. The molecule has 1 aliphatic heterocycles. The van der Waals surface area contributed by atoms with E-state index in [1.165, 1.54) is 6.42 Å². The molecular weight excluding hydrogens is 306 g/mol. The number of nitrogens with two attached hydrogens (primary N) is 1. The summed E-state index contributed by atoms with van der Waals surface area (Å²) in [6.45, 7) is 1.89. The van der Waals surface area contributed by atoms with Crippen LogP contribution in [0.15, 0.2) is 24.4 Å². The molecule has 2 aliphatic rings. The van der Waals surface area contributed by atoms with Gasteiger partial charge in [0.2, 0.25) is 5.95 Å². The number of para-hydroxylation sites is 1. The van der Waals surface area contributed by atoms with Gasteiger partial charge in [-0.2, -0.15) is 0 Å². The van der Waals surface area contributed by atoms with Crippen molar-refractivity contribution in [1.82, 2.24) is 19.3 Å². The number of hydrogen-bond donors (Lipinski definition) is 2. The molecule has 5 rings (SSSR count). The highest BCUT2D eigenvalue weighted by Gasteiger charge is 2.47. The van der Waals surface area contributed by atoms with Crippen molar-refractivity contribution in [3.63, 3.8) is 0 Å². The molecule has 1 saturated carbocycles. The number of rotatable bonds is 3. The number of likely N-dealkylation sites (tertiary alicyclic amines) is 1. The van der Waals surface area contributed by atoms with E-state index in [0.29, 0.717) is 28.6 Å². The Morgan fingerprint density at radius 3 is 2.83 bits per heavy atom. The fourth-order valence-electron chi connectivity index (χ4n) is 3.86. The third kappa shape index (κ3) is 1.91. The molecule has 7 heteroatoms. The molecule has 0 spiro atoms. The summed E-state index contributed by atoms with van der Waals surface area (Å²) in [6.07, 6.45) is 2.39. The van der Waals surface area contributed by atoms with E-state index < -0.39 is 6.23 Å². The van der Waals surface area contributed by atoms with E-state index in [4.69, 9.17) is 10.5 Å². The number of benzene rings is 1. The van der Waals surface area contributed by atoms with Crippen LogP contribution in [0.5, 0.6) is 5.75 Å². The first-order chi connectivity index (χ1) is 11.7. The molecule has 0 radical (unpaired) electrons. The van der Waals surface area contributed by atoms with Crippen LogP contribution in [0, 0.1) is 11.8 Å². The van der Waals surface area contributed by atoms with Gasteiger partial charge in [0.15, 0.2) is 6.23 Å². The lowest BCUT2D eigenvalue weighted by Crippen LogP contribution is -2.28. The van der Waals surface area contributed by atoms with Crippen molar-refractivity contribution in [3.8, 4) is 5.75 Å². The third-order valence-corrected chi connectivity index (χ3v) is 5.28. The van der Waals surface area contributed by atoms with Gasteiger partial charge in [-0.25, -0.2) is 9.97 Å². The highest BCUT2D eigenvalue weighted by Crippen LogP contribution is 2.47. The van der Waals surface area contributed by atoms with Crippen LogP contribution in [0.4, 0.5) is 5.95 Å². The Morgan fingerprint density at radius 2 is 2.08 bits per heavy atom. The maximum Gasteiger partial charge on any atom is 0.206 e. The minimum absolute atomic E-state index is 0.331. The average Bonchev–Trinajstić information content (AvgIpc) is 3.01. The first-order valence-corrected chi connectivity index (χ1v) is 8.19. The fourth-order valence-corrected chi connectivity index (χ4v) is 3.86. The van der Waals surface area contributed by atoms with Crippen LogP contribution in [0.3, 0.4) is 0 Å². The van der Waals surface area contributed by atoms with Crippen LogP contribution in [-0.2, 0) is 0 Å². The van der Waals surface area contributed by atoms with Crippen molar-refractivity contribution in [2.24, 2.45) is 11.8 Å². The smallest absolute Gasteiger partial charge is 0.206 e. The Labute approximate surface area is 138 Å². The van der Waals surface area contributed by atoms with E-state index in [-0.39, 0.29) is 0 Å². The minimum Gasteiger partial charge on any atom is -0.494 e. The second-order valence-corrected chi connectivity index (χ2v) is 6.77. The second kappa shape index (κ2) is 4.81. The van der Waals surface area contributed by atoms with E-state index >= 15 is 0 Å². The normalized spacial score (nSPS) is 24.4. The number of nitrogen functional groups attached to an aromatic ring is 1. The molecule has 0 bridgehead atoms. The summed E-state index contributed by atoms with van der Waals surface area (Å²) in [4.78, 5) is 11.2. The molecule has 1 saturated heterocycles. The predicted molar refractivity (Wildman–Crippen MR) is 89.6 cm³/mol. The van der Waals surface area contributed by atoms with Gasteiger partial charge in [0.1, 0.15) is 22.6 Å². The van der Waals surface area contributed by atoms with E-state index in [9.17, 15) is 5.11 Å². The van der Waals surface area contributed by atoms with E-state index in [1.807, 2.05) is 18.2 Å². The minimum atomic E-state index is -0.697. The average molecular weight is 325 g/mol. The number of nitrogens with zero attached hydrogens (tertiary/aromatic N) is 4. The third-order valence-electron chi connectivity index (χ3n) is 5.28. The van der Waals surface area contributed by atoms with Crippen LogP contribution >= 0.6 is 0 Å². The molecule has 2 aromatic heterocycles. The van der Waals surface area contributed by atoms with E-state index in [1.54, 1.807) is 17.7 Å². The van der Waals surface area contributed by atoms with Crippen LogP contribution in [-0.4, -0.2) is 44.6 Å². The molecule has 0 amide bonds. The number of fused-ring (bicyclic) bond motifs is 4. The van der Waals surface area contributed by atoms with Gasteiger partial charge in [0.05, 0.1) is 7.11 Å². The molecule has 2 fully saturated rings. The van der Waals surface area contributed by atoms with Crippen molar-refractivity contribution in [1.29, 1.82) is 0 Å². The maximum absolute atomic E-state index is 10.7. The van der Waals surface area contributed by atoms with Crippen LogP contribution < -0.4 is 10.5 Å². The van der Waals surface area contributed by atoms with Gasteiger partial charge in [-0.1, -0.05) is 6.07 Å². The zero-order valence-electron chi connectivity index (χ0n) is 13.4. The van der Waals surface area contributed by atoms with E-state index in [2.05, 4.69) is 14.9 Å². The molecule has 3 aromatic rings. The van der Waals surface area contributed by atoms with Gasteiger partial charge in [-0.15, -0.1) is 0 Å². The Hall–Kier alpha value is -2.38. The summed E-state index contributed by atoms with van der Waals surface area (Å²) in [5.41, 5.74) is 8.08. The van der Waals surface area contributed by atoms with Gasteiger partial charge in [-0.3, -0.25) is 9.30 Å². The molecule has 1 aromatic carbocycles. The Balaban J connectivity index is 1.64. The molecule has 24 heavy (non-hydrogen) atoms. The number of aliphatic hydroxyl groups excluding tert-OH is 1. The Bertz CT molecular complexity index is 943. The predicted octanol–water partition coefficient (Wildman–Crippen LogP) is 1.42.